The van der Waals surface area contributed by atoms with Gasteiger partial charge in [-0.05, 0) is 44.1 Å². The lowest BCUT2D eigenvalue weighted by molar-refractivity contribution is -0.125. The molecule has 0 aromatic carbocycles. The molecule has 2 N–H and O–H groups in total. The first-order valence-electron chi connectivity index (χ1n) is 13.7. The van der Waals surface area contributed by atoms with Crippen LogP contribution in [0.3, 0.4) is 0 Å². The Morgan fingerprint density at radius 3 is 2.38 bits per heavy atom. The first kappa shape index (κ1) is 30.0. The largest absolute Gasteiger partial charge is 0.497 e. The van der Waals surface area contributed by atoms with Gasteiger partial charge in [0.05, 0.1) is 31.6 Å². The number of nitrogens with one attached hydrogen (secondary N) is 2. The fourth-order valence-electron chi connectivity index (χ4n) is 4.88. The van der Waals surface area contributed by atoms with Crippen molar-refractivity contribution in [3.63, 3.8) is 0 Å². The van der Waals surface area contributed by atoms with Gasteiger partial charge in [-0.25, -0.2) is 0 Å². The highest BCUT2D eigenvalue weighted by Gasteiger charge is 2.27. The summed E-state index contributed by atoms with van der Waals surface area (Å²) >= 11 is 0. The summed E-state index contributed by atoms with van der Waals surface area (Å²) in [6.07, 6.45) is 12.8. The van der Waals surface area contributed by atoms with E-state index >= 15 is 0 Å². The number of unbranched alkanes of at least 4 members (excludes halogenated alkanes) is 2. The highest BCUT2D eigenvalue weighted by Crippen LogP contribution is 2.28. The number of ether oxygens (including phenoxy) is 4. The molecule has 0 bridgehead atoms. The summed E-state index contributed by atoms with van der Waals surface area (Å²) in [6, 6.07) is 0. The van der Waals surface area contributed by atoms with E-state index in [-0.39, 0.29) is 12.0 Å². The number of rotatable bonds is 16. The van der Waals surface area contributed by atoms with Crippen LogP contribution in [0.1, 0.15) is 58.3 Å². The second-order valence-corrected chi connectivity index (χ2v) is 9.50. The summed E-state index contributed by atoms with van der Waals surface area (Å²) in [6.45, 7) is 4.46. The summed E-state index contributed by atoms with van der Waals surface area (Å²) in [5.41, 5.74) is 2.78. The third-order valence-corrected chi connectivity index (χ3v) is 7.07. The van der Waals surface area contributed by atoms with Crippen LogP contribution in [0, 0.1) is 0 Å². The smallest absolute Gasteiger partial charge is 0.255 e. The maximum Gasteiger partial charge on any atom is 0.255 e. The lowest BCUT2D eigenvalue weighted by Crippen LogP contribution is -2.31. The Labute approximate surface area is 230 Å². The number of amides is 3. The van der Waals surface area contributed by atoms with Gasteiger partial charge in [0.15, 0.2) is 5.76 Å². The topological polar surface area (TPSA) is 115 Å². The van der Waals surface area contributed by atoms with Crippen LogP contribution < -0.4 is 10.6 Å². The third kappa shape index (κ3) is 8.23. The maximum atomic E-state index is 13.1. The number of methoxy groups -OCH3 is 2. The van der Waals surface area contributed by atoms with Gasteiger partial charge in [-0.2, -0.15) is 0 Å². The number of carbonyl (C=O) groups excluding carboxylic acids is 3. The van der Waals surface area contributed by atoms with Gasteiger partial charge >= 0.3 is 0 Å². The van der Waals surface area contributed by atoms with E-state index in [4.69, 9.17) is 18.9 Å². The summed E-state index contributed by atoms with van der Waals surface area (Å²) < 4.78 is 23.2. The van der Waals surface area contributed by atoms with E-state index in [1.165, 1.54) is 0 Å². The molecule has 10 nitrogen and oxygen atoms in total. The van der Waals surface area contributed by atoms with Crippen LogP contribution >= 0.6 is 0 Å². The van der Waals surface area contributed by atoms with E-state index in [1.807, 2.05) is 11.0 Å². The standard InChI is InChI=1S/C29H41N3O7/c1-4-21-16-26(37-3)28(17-23(21)30-19-33)39-15-9-5-8-14-38-27-18-24(31-20-34)22(10-11-25(27)36-2)29(35)32-12-6-7-13-32/h10,17-20,26H,4-9,11-16H2,1-3H3,(H,30,33)(H,31,34). The SMILES string of the molecule is CCC1=C(NC=O)C=C(OCCCCCOC2=C(OC)CC=C(C(=O)N3CCCC3)C(NC=O)=C2)C(OC)C1. The number of nitrogens with zero attached hydrogens (tertiary/aromatic N) is 1. The molecule has 1 fully saturated rings. The van der Waals surface area contributed by atoms with E-state index in [1.54, 1.807) is 26.4 Å². The molecule has 10 heteroatoms. The molecule has 0 radical (unpaired) electrons. The van der Waals surface area contributed by atoms with Crippen molar-refractivity contribution in [1.29, 1.82) is 0 Å². The molecule has 1 saturated heterocycles. The number of carbonyl (C=O) groups is 3. The van der Waals surface area contributed by atoms with Crippen molar-refractivity contribution in [2.75, 3.05) is 40.5 Å². The minimum atomic E-state index is -0.160. The Balaban J connectivity index is 1.51. The van der Waals surface area contributed by atoms with Crippen molar-refractivity contribution in [2.45, 2.75) is 64.4 Å². The molecular weight excluding hydrogens is 502 g/mol. The highest BCUT2D eigenvalue weighted by molar-refractivity contribution is 5.98. The number of hydrogen-bond acceptors (Lipinski definition) is 7. The van der Waals surface area contributed by atoms with Crippen molar-refractivity contribution in [1.82, 2.24) is 15.5 Å². The molecule has 0 spiro atoms. The van der Waals surface area contributed by atoms with E-state index < -0.39 is 0 Å². The molecule has 0 aromatic heterocycles. The lowest BCUT2D eigenvalue weighted by atomic mass is 9.96. The van der Waals surface area contributed by atoms with Crippen molar-refractivity contribution in [3.05, 3.63) is 58.0 Å². The molecule has 1 unspecified atom stereocenters. The van der Waals surface area contributed by atoms with E-state index in [0.29, 0.717) is 61.7 Å². The van der Waals surface area contributed by atoms with Gasteiger partial charge < -0.3 is 34.5 Å². The summed E-state index contributed by atoms with van der Waals surface area (Å²) in [4.78, 5) is 37.1. The fourth-order valence-corrected chi connectivity index (χ4v) is 4.88. The van der Waals surface area contributed by atoms with Gasteiger partial charge in [0.25, 0.3) is 5.91 Å². The molecule has 0 aromatic rings. The zero-order valence-corrected chi connectivity index (χ0v) is 23.3. The van der Waals surface area contributed by atoms with Gasteiger partial charge in [-0.15, -0.1) is 0 Å². The first-order chi connectivity index (χ1) is 19.1. The Morgan fingerprint density at radius 2 is 1.74 bits per heavy atom. The fraction of sp³-hybridized carbons (Fsp3) is 0.552. The zero-order valence-electron chi connectivity index (χ0n) is 23.3. The van der Waals surface area contributed by atoms with Crippen LogP contribution in [-0.4, -0.2) is 70.3 Å². The molecule has 3 amide bonds. The van der Waals surface area contributed by atoms with Crippen molar-refractivity contribution < 1.29 is 33.3 Å². The normalized spacial score (nSPS) is 19.5. The molecule has 1 heterocycles. The summed E-state index contributed by atoms with van der Waals surface area (Å²) in [7, 11) is 3.23. The minimum absolute atomic E-state index is 0.0935. The molecule has 1 atom stereocenters. The predicted octanol–water partition coefficient (Wildman–Crippen LogP) is 3.34. The third-order valence-electron chi connectivity index (χ3n) is 7.07. The van der Waals surface area contributed by atoms with Crippen molar-refractivity contribution >= 4 is 18.7 Å². The number of allylic oxidation sites excluding steroid dienone is 3. The summed E-state index contributed by atoms with van der Waals surface area (Å²) in [5, 5.41) is 5.42. The quantitative estimate of drug-likeness (QED) is 0.227. The minimum Gasteiger partial charge on any atom is -0.497 e. The maximum absolute atomic E-state index is 13.1. The molecule has 0 saturated carbocycles. The van der Waals surface area contributed by atoms with Gasteiger partial charge in [-0.1, -0.05) is 13.0 Å². The molecule has 2 aliphatic carbocycles. The Hall–Kier alpha value is -3.53. The monoisotopic (exact) mass is 543 g/mol. The van der Waals surface area contributed by atoms with Crippen LogP contribution in [0.4, 0.5) is 0 Å². The molecule has 3 rings (SSSR count). The van der Waals surface area contributed by atoms with Crippen molar-refractivity contribution in [2.24, 2.45) is 0 Å². The van der Waals surface area contributed by atoms with Crippen molar-refractivity contribution in [3.8, 4) is 0 Å². The van der Waals surface area contributed by atoms with Crippen LogP contribution in [0.2, 0.25) is 0 Å². The number of likely N-dealkylation sites (tertiary alicyclic amines) is 1. The lowest BCUT2D eigenvalue weighted by Gasteiger charge is -2.26. The van der Waals surface area contributed by atoms with E-state index in [0.717, 1.165) is 68.6 Å². The van der Waals surface area contributed by atoms with Gasteiger partial charge in [-0.3, -0.25) is 14.4 Å². The molecule has 1 aliphatic heterocycles. The van der Waals surface area contributed by atoms with Crippen LogP contribution in [0.5, 0.6) is 0 Å². The number of hydrogen-bond donors (Lipinski definition) is 2. The molecule has 3 aliphatic rings. The summed E-state index contributed by atoms with van der Waals surface area (Å²) in [5.74, 6) is 1.73. The van der Waals surface area contributed by atoms with Crippen LogP contribution in [-0.2, 0) is 33.3 Å². The highest BCUT2D eigenvalue weighted by atomic mass is 16.5. The Kier molecular flexibility index (Phi) is 12.1. The average molecular weight is 544 g/mol. The van der Waals surface area contributed by atoms with Crippen LogP contribution in [0.25, 0.3) is 0 Å². The van der Waals surface area contributed by atoms with Gasteiger partial charge in [0.1, 0.15) is 17.6 Å². The first-order valence-corrected chi connectivity index (χ1v) is 13.7. The van der Waals surface area contributed by atoms with E-state index in [9.17, 15) is 14.4 Å². The zero-order chi connectivity index (χ0) is 28.0. The predicted molar refractivity (Wildman–Crippen MR) is 146 cm³/mol. The van der Waals surface area contributed by atoms with Crippen LogP contribution in [0.15, 0.2) is 58.0 Å². The Morgan fingerprint density at radius 1 is 1.03 bits per heavy atom. The molecule has 214 valence electrons. The molecule has 39 heavy (non-hydrogen) atoms. The van der Waals surface area contributed by atoms with Gasteiger partial charge in [0, 0.05) is 50.9 Å². The van der Waals surface area contributed by atoms with E-state index in [2.05, 4.69) is 17.6 Å². The molecular formula is C29H41N3O7. The Bertz CT molecular complexity index is 1040. The average Bonchev–Trinajstić information content (AvgIpc) is 3.43. The second-order valence-electron chi connectivity index (χ2n) is 9.50. The van der Waals surface area contributed by atoms with Gasteiger partial charge in [0.2, 0.25) is 12.8 Å². The second kappa shape index (κ2) is 15.8.